The second-order valence-corrected chi connectivity index (χ2v) is 14.7. The van der Waals surface area contributed by atoms with E-state index < -0.39 is 64.8 Å². The summed E-state index contributed by atoms with van der Waals surface area (Å²) in [6.07, 6.45) is -4.97. The fourth-order valence-corrected chi connectivity index (χ4v) is 9.88. The molecule has 4 aliphatic carbocycles. The molecule has 232 valence electrons. The van der Waals surface area contributed by atoms with Crippen molar-refractivity contribution in [1.29, 1.82) is 0 Å². The number of aliphatic hydroxyl groups excluding tert-OH is 3. The van der Waals surface area contributed by atoms with Gasteiger partial charge in [-0.05, 0) is 62.6 Å². The molecule has 3 heterocycles. The van der Waals surface area contributed by atoms with Gasteiger partial charge in [-0.15, -0.1) is 0 Å². The van der Waals surface area contributed by atoms with Crippen LogP contribution in [0.1, 0.15) is 64.5 Å². The maximum absolute atomic E-state index is 12.2. The van der Waals surface area contributed by atoms with Crippen LogP contribution in [0.15, 0.2) is 12.1 Å². The van der Waals surface area contributed by atoms with E-state index in [4.69, 9.17) is 18.9 Å². The molecule has 3 saturated carbocycles. The standard InChI is InChI=1S/C31H43NO10/c1-27(2,3)28(4,38)16-13-29-8-9-31(16,39-5)26-30(29)10-11-32-17(29)12-14-6-7-15(22(42-26)18(14)30)40-25-21(35)19(33)20(34)23(41-25)24(36)37/h6-7,16-17,19-21,23,25-26,32-35,38H,8-13H2,1-5H3,(H,36,37)/t16-,17-,19-,20-,21+,23?,25+,26-,28?,29+,30-,31+/m0/s1. The highest BCUT2D eigenvalue weighted by Gasteiger charge is 2.81. The Morgan fingerprint density at radius 1 is 1.07 bits per heavy atom. The van der Waals surface area contributed by atoms with Crippen molar-refractivity contribution < 1.29 is 49.3 Å². The van der Waals surface area contributed by atoms with Gasteiger partial charge >= 0.3 is 5.97 Å². The van der Waals surface area contributed by atoms with Crippen molar-refractivity contribution in [3.8, 4) is 11.5 Å². The molecule has 8 rings (SSSR count). The Morgan fingerprint density at radius 2 is 1.81 bits per heavy atom. The molecule has 4 bridgehead atoms. The van der Waals surface area contributed by atoms with Crippen LogP contribution in [0.2, 0.25) is 0 Å². The normalized spacial score (nSPS) is 46.4. The van der Waals surface area contributed by atoms with Crippen molar-refractivity contribution in [2.24, 2.45) is 16.7 Å². The van der Waals surface area contributed by atoms with E-state index in [0.29, 0.717) is 5.75 Å². The Balaban J connectivity index is 1.36. The SMILES string of the molecule is CO[C@]12CC[C@@]3(C[C@H]1C(C)(O)C(C)(C)C)[C@@H]1Cc4ccc(O[C@@H]5OC(C(=O)O)[C@@H](O)[C@H](O)[C@H]5O)c5c4[C@@]3(CCN1)[C@@H]2O5. The third-order valence-electron chi connectivity index (χ3n) is 12.4. The number of hydrogen-bond donors (Lipinski definition) is 6. The van der Waals surface area contributed by atoms with Crippen molar-refractivity contribution in [2.45, 2.75) is 119 Å². The summed E-state index contributed by atoms with van der Waals surface area (Å²) in [6, 6.07) is 3.94. The van der Waals surface area contributed by atoms with Gasteiger partial charge in [-0.1, -0.05) is 26.8 Å². The largest absolute Gasteiger partial charge is 0.482 e. The fraction of sp³-hybridized carbons (Fsp3) is 0.774. The quantitative estimate of drug-likeness (QED) is 0.288. The van der Waals surface area contributed by atoms with Crippen LogP contribution >= 0.6 is 0 Å². The summed E-state index contributed by atoms with van der Waals surface area (Å²) in [6.45, 7) is 8.92. The average Bonchev–Trinajstić information content (AvgIpc) is 3.30. The number of hydrogen-bond acceptors (Lipinski definition) is 10. The maximum atomic E-state index is 12.2. The maximum Gasteiger partial charge on any atom is 0.335 e. The van der Waals surface area contributed by atoms with Crippen LogP contribution in [0.3, 0.4) is 0 Å². The van der Waals surface area contributed by atoms with Gasteiger partial charge in [-0.25, -0.2) is 4.79 Å². The number of carboxylic acid groups (broad SMARTS) is 1. The number of rotatable bonds is 5. The third-order valence-corrected chi connectivity index (χ3v) is 12.4. The van der Waals surface area contributed by atoms with Gasteiger partial charge < -0.3 is 49.8 Å². The van der Waals surface area contributed by atoms with Gasteiger partial charge in [0.05, 0.1) is 5.60 Å². The number of piperidine rings is 1. The van der Waals surface area contributed by atoms with Crippen LogP contribution < -0.4 is 14.8 Å². The van der Waals surface area contributed by atoms with E-state index >= 15 is 0 Å². The van der Waals surface area contributed by atoms with E-state index in [2.05, 4.69) is 26.1 Å². The lowest BCUT2D eigenvalue weighted by Gasteiger charge is -2.74. The number of ether oxygens (including phenoxy) is 4. The highest BCUT2D eigenvalue weighted by atomic mass is 16.7. The minimum atomic E-state index is -1.81. The monoisotopic (exact) mass is 589 g/mol. The molecule has 1 aromatic carbocycles. The second kappa shape index (κ2) is 8.80. The van der Waals surface area contributed by atoms with Crippen LogP contribution in [-0.4, -0.2) is 99.2 Å². The average molecular weight is 590 g/mol. The van der Waals surface area contributed by atoms with Gasteiger partial charge in [0.25, 0.3) is 0 Å². The smallest absolute Gasteiger partial charge is 0.335 e. The molecule has 0 radical (unpaired) electrons. The highest BCUT2D eigenvalue weighted by Crippen LogP contribution is 2.77. The van der Waals surface area contributed by atoms with Crippen molar-refractivity contribution in [3.63, 3.8) is 0 Å². The van der Waals surface area contributed by atoms with Gasteiger partial charge in [0.1, 0.15) is 30.0 Å². The highest BCUT2D eigenvalue weighted by molar-refractivity contribution is 5.73. The predicted molar refractivity (Wildman–Crippen MR) is 147 cm³/mol. The van der Waals surface area contributed by atoms with Crippen molar-refractivity contribution >= 4 is 5.97 Å². The first-order chi connectivity index (χ1) is 19.7. The first-order valence-corrected chi connectivity index (χ1v) is 15.1. The predicted octanol–water partition coefficient (Wildman–Crippen LogP) is 0.857. The van der Waals surface area contributed by atoms with E-state index in [9.17, 15) is 30.3 Å². The molecule has 2 saturated heterocycles. The zero-order chi connectivity index (χ0) is 30.2. The molecule has 6 N–H and O–H groups in total. The van der Waals surface area contributed by atoms with E-state index in [1.807, 2.05) is 13.0 Å². The summed E-state index contributed by atoms with van der Waals surface area (Å²) < 4.78 is 25.1. The lowest BCUT2D eigenvalue weighted by Crippen LogP contribution is -2.83. The molecule has 0 amide bonds. The minimum Gasteiger partial charge on any atom is -0.482 e. The number of methoxy groups -OCH3 is 1. The van der Waals surface area contributed by atoms with Gasteiger partial charge in [-0.2, -0.15) is 0 Å². The molecule has 2 spiro atoms. The molecule has 1 aromatic rings. The number of carbonyl (C=O) groups is 1. The molecule has 42 heavy (non-hydrogen) atoms. The minimum absolute atomic E-state index is 0.192. The van der Waals surface area contributed by atoms with Crippen molar-refractivity contribution in [3.05, 3.63) is 23.3 Å². The Hall–Kier alpha value is -1.99. The second-order valence-electron chi connectivity index (χ2n) is 14.7. The number of nitrogens with one attached hydrogen (secondary N) is 1. The molecule has 11 heteroatoms. The molecular formula is C31H43NO10. The van der Waals surface area contributed by atoms with Crippen LogP contribution in [0.25, 0.3) is 0 Å². The summed E-state index contributed by atoms with van der Waals surface area (Å²) in [5.41, 5.74) is -0.637. The number of aliphatic hydroxyl groups is 4. The van der Waals surface area contributed by atoms with Crippen molar-refractivity contribution in [1.82, 2.24) is 5.32 Å². The first-order valence-electron chi connectivity index (χ1n) is 15.1. The van der Waals surface area contributed by atoms with Crippen LogP contribution in [0.4, 0.5) is 0 Å². The Labute approximate surface area is 245 Å². The molecule has 0 aromatic heterocycles. The van der Waals surface area contributed by atoms with Gasteiger partial charge in [0.2, 0.25) is 6.29 Å². The summed E-state index contributed by atoms with van der Waals surface area (Å²) in [7, 11) is 1.72. The molecule has 11 nitrogen and oxygen atoms in total. The third kappa shape index (κ3) is 3.23. The number of aliphatic carboxylic acids is 1. The summed E-state index contributed by atoms with van der Waals surface area (Å²) in [4.78, 5) is 11.7. The molecular weight excluding hydrogens is 546 g/mol. The van der Waals surface area contributed by atoms with Crippen molar-refractivity contribution in [2.75, 3.05) is 13.7 Å². The molecule has 2 unspecified atom stereocenters. The van der Waals surface area contributed by atoms with Gasteiger partial charge in [0.15, 0.2) is 17.6 Å². The van der Waals surface area contributed by atoms with E-state index in [1.54, 1.807) is 13.2 Å². The Kier molecular flexibility index (Phi) is 6.03. The number of benzene rings is 1. The number of fused-ring (bicyclic) bond motifs is 2. The van der Waals surface area contributed by atoms with Crippen LogP contribution in [0.5, 0.6) is 11.5 Å². The number of carboxylic acids is 1. The fourth-order valence-electron chi connectivity index (χ4n) is 9.88. The molecule has 3 aliphatic heterocycles. The topological polar surface area (TPSA) is 167 Å². The zero-order valence-corrected chi connectivity index (χ0v) is 24.8. The lowest BCUT2D eigenvalue weighted by atomic mass is 9.33. The lowest BCUT2D eigenvalue weighted by molar-refractivity contribution is -0.303. The van der Waals surface area contributed by atoms with Crippen LogP contribution in [0, 0.1) is 16.7 Å². The van der Waals surface area contributed by atoms with E-state index in [0.717, 1.165) is 49.8 Å². The van der Waals surface area contributed by atoms with Gasteiger partial charge in [0, 0.05) is 35.5 Å². The van der Waals surface area contributed by atoms with E-state index in [-0.39, 0.29) is 23.1 Å². The molecule has 7 aliphatic rings. The Bertz CT molecular complexity index is 1310. The van der Waals surface area contributed by atoms with Crippen LogP contribution in [-0.2, 0) is 26.1 Å². The zero-order valence-electron chi connectivity index (χ0n) is 24.8. The summed E-state index contributed by atoms with van der Waals surface area (Å²) in [5, 5.41) is 56.8. The Morgan fingerprint density at radius 3 is 2.48 bits per heavy atom. The first kappa shape index (κ1) is 28.8. The van der Waals surface area contributed by atoms with E-state index in [1.165, 1.54) is 0 Å². The van der Waals surface area contributed by atoms with Gasteiger partial charge in [-0.3, -0.25) is 0 Å². The molecule has 12 atom stereocenters. The summed E-state index contributed by atoms with van der Waals surface area (Å²) >= 11 is 0. The molecule has 5 fully saturated rings. The summed E-state index contributed by atoms with van der Waals surface area (Å²) in [5.74, 6) is -0.895.